The Morgan fingerprint density at radius 2 is 2.00 bits per heavy atom. The maximum Gasteiger partial charge on any atom is 0.312 e. The average molecular weight is 340 g/mol. The van der Waals surface area contributed by atoms with Gasteiger partial charge in [-0.05, 0) is 44.9 Å². The van der Waals surface area contributed by atoms with E-state index in [1.54, 1.807) is 6.08 Å². The highest BCUT2D eigenvalue weighted by Gasteiger charge is 2.29. The van der Waals surface area contributed by atoms with E-state index in [4.69, 9.17) is 4.74 Å². The third kappa shape index (κ3) is 4.08. The Labute approximate surface area is 135 Å². The quantitative estimate of drug-likeness (QED) is 0.451. The SMILES string of the molecule is CC(C)=CCOc1ccc(S(=O)(=O)N2CCCC2)cc1[N+](=O)[O-]. The molecule has 23 heavy (non-hydrogen) atoms. The molecule has 8 heteroatoms. The summed E-state index contributed by atoms with van der Waals surface area (Å²) < 4.78 is 31.7. The van der Waals surface area contributed by atoms with Crippen LogP contribution >= 0.6 is 0 Å². The van der Waals surface area contributed by atoms with Crippen LogP contribution in [0.15, 0.2) is 34.7 Å². The third-order valence-corrected chi connectivity index (χ3v) is 5.45. The van der Waals surface area contributed by atoms with Gasteiger partial charge in [0.15, 0.2) is 5.75 Å². The van der Waals surface area contributed by atoms with Crippen LogP contribution in [0.5, 0.6) is 5.75 Å². The summed E-state index contributed by atoms with van der Waals surface area (Å²) in [5.74, 6) is 0.0628. The van der Waals surface area contributed by atoms with Gasteiger partial charge in [-0.2, -0.15) is 4.31 Å². The zero-order valence-electron chi connectivity index (χ0n) is 13.2. The maximum absolute atomic E-state index is 12.5. The minimum atomic E-state index is -3.68. The van der Waals surface area contributed by atoms with Crippen molar-refractivity contribution in [2.75, 3.05) is 19.7 Å². The fourth-order valence-corrected chi connectivity index (χ4v) is 3.84. The summed E-state index contributed by atoms with van der Waals surface area (Å²) >= 11 is 0. The number of nitro groups is 1. The standard InChI is InChI=1S/C15H20N2O5S/c1-12(2)7-10-22-15-6-5-13(11-14(15)17(18)19)23(20,21)16-8-3-4-9-16/h5-7,11H,3-4,8-10H2,1-2H3. The van der Waals surface area contributed by atoms with Gasteiger partial charge >= 0.3 is 5.69 Å². The second-order valence-electron chi connectivity index (χ2n) is 5.59. The Morgan fingerprint density at radius 3 is 2.57 bits per heavy atom. The lowest BCUT2D eigenvalue weighted by Crippen LogP contribution is -2.27. The van der Waals surface area contributed by atoms with E-state index >= 15 is 0 Å². The number of sulfonamides is 1. The molecule has 7 nitrogen and oxygen atoms in total. The molecule has 0 unspecified atom stereocenters. The van der Waals surface area contributed by atoms with Crippen molar-refractivity contribution in [1.29, 1.82) is 0 Å². The molecule has 0 saturated carbocycles. The molecule has 1 fully saturated rings. The molecule has 0 aromatic heterocycles. The molecule has 1 heterocycles. The molecular formula is C15H20N2O5S. The van der Waals surface area contributed by atoms with Gasteiger partial charge in [-0.3, -0.25) is 10.1 Å². The summed E-state index contributed by atoms with van der Waals surface area (Å²) in [7, 11) is -3.68. The molecule has 0 aliphatic carbocycles. The van der Waals surface area contributed by atoms with E-state index in [0.29, 0.717) is 13.1 Å². The van der Waals surface area contributed by atoms with Gasteiger partial charge in [-0.1, -0.05) is 5.57 Å². The fraction of sp³-hybridized carbons (Fsp3) is 0.467. The zero-order chi connectivity index (χ0) is 17.0. The molecule has 0 amide bonds. The number of ether oxygens (including phenoxy) is 1. The number of nitro benzene ring substituents is 1. The molecule has 1 aromatic carbocycles. The largest absolute Gasteiger partial charge is 0.483 e. The summed E-state index contributed by atoms with van der Waals surface area (Å²) in [6.07, 6.45) is 3.41. The molecule has 126 valence electrons. The van der Waals surface area contributed by atoms with Crippen LogP contribution in [-0.2, 0) is 10.0 Å². The number of hydrogen-bond donors (Lipinski definition) is 0. The van der Waals surface area contributed by atoms with Crippen molar-refractivity contribution in [2.24, 2.45) is 0 Å². The lowest BCUT2D eigenvalue weighted by Gasteiger charge is -2.15. The number of rotatable bonds is 6. The highest BCUT2D eigenvalue weighted by atomic mass is 32.2. The van der Waals surface area contributed by atoms with Gasteiger partial charge in [0, 0.05) is 19.2 Å². The number of hydrogen-bond acceptors (Lipinski definition) is 5. The van der Waals surface area contributed by atoms with Gasteiger partial charge in [-0.15, -0.1) is 0 Å². The first-order chi connectivity index (χ1) is 10.8. The number of allylic oxidation sites excluding steroid dienone is 1. The van der Waals surface area contributed by atoms with Gasteiger partial charge in [0.25, 0.3) is 0 Å². The third-order valence-electron chi connectivity index (χ3n) is 3.56. The van der Waals surface area contributed by atoms with Crippen molar-refractivity contribution in [3.63, 3.8) is 0 Å². The molecule has 0 spiro atoms. The van der Waals surface area contributed by atoms with E-state index in [1.807, 2.05) is 13.8 Å². The lowest BCUT2D eigenvalue weighted by molar-refractivity contribution is -0.386. The molecule has 1 aromatic rings. The van der Waals surface area contributed by atoms with Crippen LogP contribution in [0.2, 0.25) is 0 Å². The van der Waals surface area contributed by atoms with Crippen molar-refractivity contribution in [2.45, 2.75) is 31.6 Å². The molecule has 1 saturated heterocycles. The van der Waals surface area contributed by atoms with Crippen molar-refractivity contribution < 1.29 is 18.1 Å². The maximum atomic E-state index is 12.5. The van der Waals surface area contributed by atoms with Crippen LogP contribution in [0.4, 0.5) is 5.69 Å². The van der Waals surface area contributed by atoms with Gasteiger partial charge in [0.2, 0.25) is 10.0 Å². The minimum absolute atomic E-state index is 0.0628. The van der Waals surface area contributed by atoms with Crippen molar-refractivity contribution in [1.82, 2.24) is 4.31 Å². The Bertz CT molecular complexity index is 717. The van der Waals surface area contributed by atoms with E-state index < -0.39 is 14.9 Å². The summed E-state index contributed by atoms with van der Waals surface area (Å²) in [5, 5.41) is 11.2. The van der Waals surface area contributed by atoms with Crippen LogP contribution in [0.25, 0.3) is 0 Å². The molecule has 0 bridgehead atoms. The minimum Gasteiger partial charge on any atom is -0.483 e. The highest BCUT2D eigenvalue weighted by molar-refractivity contribution is 7.89. The predicted molar refractivity (Wildman–Crippen MR) is 86.0 cm³/mol. The number of benzene rings is 1. The summed E-state index contributed by atoms with van der Waals surface area (Å²) in [6, 6.07) is 3.78. The Balaban J connectivity index is 2.32. The molecule has 1 aliphatic heterocycles. The average Bonchev–Trinajstić information content (AvgIpc) is 3.01. The molecule has 0 atom stereocenters. The van der Waals surface area contributed by atoms with Crippen LogP contribution < -0.4 is 4.74 Å². The van der Waals surface area contributed by atoms with Gasteiger partial charge in [0.05, 0.1) is 9.82 Å². The van der Waals surface area contributed by atoms with E-state index in [2.05, 4.69) is 0 Å². The van der Waals surface area contributed by atoms with Crippen LogP contribution in [0.1, 0.15) is 26.7 Å². The van der Waals surface area contributed by atoms with Gasteiger partial charge in [0.1, 0.15) is 6.61 Å². The number of nitrogens with zero attached hydrogens (tertiary/aromatic N) is 2. The lowest BCUT2D eigenvalue weighted by atomic mass is 10.3. The van der Waals surface area contributed by atoms with Gasteiger partial charge < -0.3 is 4.74 Å². The smallest absolute Gasteiger partial charge is 0.312 e. The summed E-state index contributed by atoms with van der Waals surface area (Å²) in [5.41, 5.74) is 0.688. The monoisotopic (exact) mass is 340 g/mol. The van der Waals surface area contributed by atoms with E-state index in [9.17, 15) is 18.5 Å². The van der Waals surface area contributed by atoms with Crippen molar-refractivity contribution in [3.8, 4) is 5.75 Å². The van der Waals surface area contributed by atoms with E-state index in [1.165, 1.54) is 16.4 Å². The van der Waals surface area contributed by atoms with Crippen LogP contribution in [0.3, 0.4) is 0 Å². The molecule has 0 N–H and O–H groups in total. The highest BCUT2D eigenvalue weighted by Crippen LogP contribution is 2.31. The van der Waals surface area contributed by atoms with E-state index in [0.717, 1.165) is 24.5 Å². The van der Waals surface area contributed by atoms with Gasteiger partial charge in [-0.25, -0.2) is 8.42 Å². The second kappa shape index (κ2) is 7.10. The molecule has 2 rings (SSSR count). The summed E-state index contributed by atoms with van der Waals surface area (Å²) in [6.45, 7) is 4.89. The predicted octanol–water partition coefficient (Wildman–Crippen LogP) is 2.72. The first-order valence-electron chi connectivity index (χ1n) is 7.37. The normalized spacial score (nSPS) is 15.4. The topological polar surface area (TPSA) is 89.8 Å². The van der Waals surface area contributed by atoms with Crippen molar-refractivity contribution in [3.05, 3.63) is 40.0 Å². The zero-order valence-corrected chi connectivity index (χ0v) is 14.0. The first-order valence-corrected chi connectivity index (χ1v) is 8.81. The Hall–Kier alpha value is -1.93. The first kappa shape index (κ1) is 17.4. The van der Waals surface area contributed by atoms with Crippen molar-refractivity contribution >= 4 is 15.7 Å². The second-order valence-corrected chi connectivity index (χ2v) is 7.53. The van der Waals surface area contributed by atoms with Crippen LogP contribution in [0, 0.1) is 10.1 Å². The van der Waals surface area contributed by atoms with Crippen LogP contribution in [-0.4, -0.2) is 37.3 Å². The Kier molecular flexibility index (Phi) is 5.38. The van der Waals surface area contributed by atoms with E-state index in [-0.39, 0.29) is 22.9 Å². The summed E-state index contributed by atoms with van der Waals surface area (Å²) in [4.78, 5) is 10.5. The Morgan fingerprint density at radius 1 is 1.35 bits per heavy atom. The molecule has 1 aliphatic rings. The fourth-order valence-electron chi connectivity index (χ4n) is 2.30. The molecular weight excluding hydrogens is 320 g/mol. The molecule has 0 radical (unpaired) electrons.